The van der Waals surface area contributed by atoms with Crippen molar-refractivity contribution in [2.45, 2.75) is 12.8 Å². The van der Waals surface area contributed by atoms with Crippen molar-refractivity contribution in [1.82, 2.24) is 0 Å². The van der Waals surface area contributed by atoms with Crippen molar-refractivity contribution in [1.29, 1.82) is 0 Å². The van der Waals surface area contributed by atoms with Gasteiger partial charge < -0.3 is 15.7 Å². The van der Waals surface area contributed by atoms with E-state index in [1.807, 2.05) is 0 Å². The zero-order chi connectivity index (χ0) is 6.57. The molecule has 0 unspecified atom stereocenters. The van der Waals surface area contributed by atoms with Gasteiger partial charge in [0.1, 0.15) is 0 Å². The molecular weight excluding hydrogens is 151 g/mol. The van der Waals surface area contributed by atoms with Gasteiger partial charge in [0.05, 0.1) is 12.8 Å². The Balaban J connectivity index is -0.000000245. The van der Waals surface area contributed by atoms with Crippen LogP contribution >= 0.6 is 0 Å². The Labute approximate surface area is 79.6 Å². The third kappa shape index (κ3) is 15.7. The summed E-state index contributed by atoms with van der Waals surface area (Å²) in [6, 6.07) is 0. The molecule has 0 saturated carbocycles. The fourth-order valence-corrected chi connectivity index (χ4v) is 0.214. The van der Waals surface area contributed by atoms with Gasteiger partial charge in [0.15, 0.2) is 0 Å². The van der Waals surface area contributed by atoms with E-state index in [1.54, 1.807) is 0 Å². The summed E-state index contributed by atoms with van der Waals surface area (Å²) in [6.07, 6.45) is -0.593. The maximum atomic E-state index is 9.64. The van der Waals surface area contributed by atoms with Crippen LogP contribution in [0.4, 0.5) is 0 Å². The maximum Gasteiger partial charge on any atom is 0.303 e. The Morgan fingerprint density at radius 1 is 1.00 bits per heavy atom. The van der Waals surface area contributed by atoms with Gasteiger partial charge in [-0.1, -0.05) is 0 Å². The SMILES string of the molecule is O.O=C(O)CCC(=O)O.[Na]. The smallest absolute Gasteiger partial charge is 0.303 e. The number of hydrogen-bond acceptors (Lipinski definition) is 2. The van der Waals surface area contributed by atoms with Crippen molar-refractivity contribution in [3.63, 3.8) is 0 Å². The van der Waals surface area contributed by atoms with Crippen LogP contribution in [0.5, 0.6) is 0 Å². The third-order valence-corrected chi connectivity index (χ3v) is 0.553. The molecule has 0 rings (SSSR count). The molecule has 4 N–H and O–H groups in total. The second kappa shape index (κ2) is 8.90. The number of rotatable bonds is 3. The van der Waals surface area contributed by atoms with Gasteiger partial charge in [-0.25, -0.2) is 0 Å². The van der Waals surface area contributed by atoms with E-state index in [0.717, 1.165) is 0 Å². The van der Waals surface area contributed by atoms with Crippen molar-refractivity contribution in [3.8, 4) is 0 Å². The van der Waals surface area contributed by atoms with Crippen LogP contribution in [-0.4, -0.2) is 57.2 Å². The van der Waals surface area contributed by atoms with E-state index in [-0.39, 0.29) is 47.9 Å². The van der Waals surface area contributed by atoms with Crippen molar-refractivity contribution in [3.05, 3.63) is 0 Å². The van der Waals surface area contributed by atoms with E-state index in [4.69, 9.17) is 10.2 Å². The molecule has 0 aromatic heterocycles. The summed E-state index contributed by atoms with van der Waals surface area (Å²) >= 11 is 0. The first-order valence-electron chi connectivity index (χ1n) is 2.06. The normalized spacial score (nSPS) is 6.80. The average Bonchev–Trinajstić information content (AvgIpc) is 1.61. The molecule has 0 atom stereocenters. The minimum atomic E-state index is -1.08. The minimum Gasteiger partial charge on any atom is -0.481 e. The average molecular weight is 159 g/mol. The first kappa shape index (κ1) is 16.5. The van der Waals surface area contributed by atoms with E-state index >= 15 is 0 Å². The van der Waals surface area contributed by atoms with Crippen LogP contribution in [0, 0.1) is 0 Å². The first-order valence-corrected chi connectivity index (χ1v) is 2.06. The fraction of sp³-hybridized carbons (Fsp3) is 0.500. The largest absolute Gasteiger partial charge is 0.481 e. The summed E-state index contributed by atoms with van der Waals surface area (Å²) in [5.74, 6) is -2.15. The first-order chi connectivity index (χ1) is 3.63. The Morgan fingerprint density at radius 3 is 1.30 bits per heavy atom. The number of carbonyl (C=O) groups is 2. The predicted molar refractivity (Wildman–Crippen MR) is 33.9 cm³/mol. The summed E-state index contributed by atoms with van der Waals surface area (Å²) in [7, 11) is 0. The van der Waals surface area contributed by atoms with Crippen molar-refractivity contribution in [2.24, 2.45) is 0 Å². The molecule has 0 aromatic carbocycles. The van der Waals surface area contributed by atoms with E-state index in [1.165, 1.54) is 0 Å². The van der Waals surface area contributed by atoms with Crippen molar-refractivity contribution in [2.75, 3.05) is 0 Å². The molecule has 0 amide bonds. The zero-order valence-corrected chi connectivity index (χ0v) is 7.63. The van der Waals surface area contributed by atoms with E-state index in [2.05, 4.69) is 0 Å². The van der Waals surface area contributed by atoms with Gasteiger partial charge in [-0.2, -0.15) is 0 Å². The Morgan fingerprint density at radius 2 is 1.20 bits per heavy atom. The van der Waals surface area contributed by atoms with Gasteiger partial charge in [-0.3, -0.25) is 9.59 Å². The van der Waals surface area contributed by atoms with Gasteiger partial charge in [0, 0.05) is 29.6 Å². The maximum absolute atomic E-state index is 9.64. The number of carboxylic acid groups (broad SMARTS) is 2. The number of carboxylic acids is 2. The van der Waals surface area contributed by atoms with Crippen LogP contribution < -0.4 is 0 Å². The van der Waals surface area contributed by atoms with Crippen LogP contribution in [0.2, 0.25) is 0 Å². The molecule has 0 aromatic rings. The molecule has 0 aliphatic carbocycles. The van der Waals surface area contributed by atoms with Crippen molar-refractivity contribution < 1.29 is 25.3 Å². The summed E-state index contributed by atoms with van der Waals surface area (Å²) in [5.41, 5.74) is 0. The molecule has 0 fully saturated rings. The van der Waals surface area contributed by atoms with Gasteiger partial charge in [0.25, 0.3) is 0 Å². The van der Waals surface area contributed by atoms with Crippen LogP contribution in [0.15, 0.2) is 0 Å². The topological polar surface area (TPSA) is 106 Å². The molecule has 0 heterocycles. The minimum absolute atomic E-state index is 0. The van der Waals surface area contributed by atoms with Crippen LogP contribution in [0.1, 0.15) is 12.8 Å². The van der Waals surface area contributed by atoms with Crippen molar-refractivity contribution >= 4 is 41.5 Å². The van der Waals surface area contributed by atoms with Crippen LogP contribution in [0.3, 0.4) is 0 Å². The van der Waals surface area contributed by atoms with E-state index in [0.29, 0.717) is 0 Å². The predicted octanol–water partition coefficient (Wildman–Crippen LogP) is -1.27. The number of aliphatic carboxylic acids is 2. The monoisotopic (exact) mass is 159 g/mol. The fourth-order valence-electron chi connectivity index (χ4n) is 0.214. The molecule has 0 saturated heterocycles. The Kier molecular flexibility index (Phi) is 14.7. The summed E-state index contributed by atoms with van der Waals surface area (Å²) in [6.45, 7) is 0. The van der Waals surface area contributed by atoms with Gasteiger partial charge >= 0.3 is 11.9 Å². The van der Waals surface area contributed by atoms with Gasteiger partial charge in [-0.05, 0) is 0 Å². The molecule has 0 aliphatic heterocycles. The van der Waals surface area contributed by atoms with E-state index < -0.39 is 11.9 Å². The second-order valence-electron chi connectivity index (χ2n) is 1.29. The van der Waals surface area contributed by atoms with Gasteiger partial charge in [-0.15, -0.1) is 0 Å². The summed E-state index contributed by atoms with van der Waals surface area (Å²) < 4.78 is 0. The molecule has 55 valence electrons. The number of hydrogen-bond donors (Lipinski definition) is 2. The molecule has 5 nitrogen and oxygen atoms in total. The Hall–Kier alpha value is -0.100. The molecule has 0 aliphatic rings. The molecule has 0 bridgehead atoms. The molecule has 10 heavy (non-hydrogen) atoms. The Bertz CT molecular complexity index is 98.2. The summed E-state index contributed by atoms with van der Waals surface area (Å²) in [5, 5.41) is 15.8. The zero-order valence-electron chi connectivity index (χ0n) is 5.63. The second-order valence-corrected chi connectivity index (χ2v) is 1.29. The molecular formula is C4H8NaO5. The molecule has 0 spiro atoms. The van der Waals surface area contributed by atoms with Crippen LogP contribution in [-0.2, 0) is 9.59 Å². The van der Waals surface area contributed by atoms with E-state index in [9.17, 15) is 9.59 Å². The van der Waals surface area contributed by atoms with Crippen LogP contribution in [0.25, 0.3) is 0 Å². The molecule has 6 heteroatoms. The quantitative estimate of drug-likeness (QED) is 0.500. The standard InChI is InChI=1S/C4H6O4.Na.H2O/c5-3(6)1-2-4(7)8;;/h1-2H2,(H,5,6)(H,7,8);;1H2. The van der Waals surface area contributed by atoms with Gasteiger partial charge in [0.2, 0.25) is 0 Å². The third-order valence-electron chi connectivity index (χ3n) is 0.553. The molecule has 1 radical (unpaired) electrons. The summed E-state index contributed by atoms with van der Waals surface area (Å²) in [4.78, 5) is 19.3.